The Morgan fingerprint density at radius 1 is 0.927 bits per heavy atom. The van der Waals surface area contributed by atoms with E-state index in [1.165, 1.54) is 15.6 Å². The van der Waals surface area contributed by atoms with E-state index in [0.717, 1.165) is 58.5 Å². The molecule has 1 amide bonds. The Kier molecular flexibility index (Phi) is 8.10. The number of rotatable bonds is 9. The number of nitrogens with zero attached hydrogens (tertiary/aromatic N) is 1. The highest BCUT2D eigenvalue weighted by Gasteiger charge is 2.25. The molecule has 1 heterocycles. The van der Waals surface area contributed by atoms with Crippen LogP contribution in [0.4, 0.5) is 5.00 Å². The maximum Gasteiger partial charge on any atom is 0.254 e. The van der Waals surface area contributed by atoms with E-state index in [1.807, 2.05) is 66.9 Å². The lowest BCUT2D eigenvalue weighted by Crippen LogP contribution is -2.24. The lowest BCUT2D eigenvalue weighted by Gasteiger charge is -2.13. The minimum absolute atomic E-state index is 0.0600. The Morgan fingerprint density at radius 3 is 2.61 bits per heavy atom. The Labute approximate surface area is 244 Å². The van der Waals surface area contributed by atoms with E-state index in [9.17, 15) is 4.79 Å². The van der Waals surface area contributed by atoms with Crippen molar-refractivity contribution in [2.75, 3.05) is 7.11 Å². The van der Waals surface area contributed by atoms with Crippen molar-refractivity contribution in [1.29, 1.82) is 0 Å². The van der Waals surface area contributed by atoms with Gasteiger partial charge in [0.25, 0.3) is 5.91 Å². The number of hydrogen-bond acceptors (Lipinski definition) is 5. The molecule has 1 aromatic heterocycles. The van der Waals surface area contributed by atoms with Gasteiger partial charge in [0.15, 0.2) is 11.5 Å². The SMILES string of the molecule is COc1cc(/C=N\c2sc3c(c2C(=O)NCc2ccccc2)CCCC3)ccc1OCc1cccc2ccccc12. The molecular formula is C35H32N2O3S. The summed E-state index contributed by atoms with van der Waals surface area (Å²) in [5, 5.41) is 6.24. The van der Waals surface area contributed by atoms with Crippen LogP contribution >= 0.6 is 11.3 Å². The lowest BCUT2D eigenvalue weighted by atomic mass is 9.95. The van der Waals surface area contributed by atoms with Crippen molar-refractivity contribution in [3.8, 4) is 11.5 Å². The predicted octanol–water partition coefficient (Wildman–Crippen LogP) is 8.05. The molecule has 0 saturated heterocycles. The highest BCUT2D eigenvalue weighted by molar-refractivity contribution is 7.16. The molecule has 6 heteroatoms. The summed E-state index contributed by atoms with van der Waals surface area (Å²) in [5.41, 5.74) is 4.95. The predicted molar refractivity (Wildman–Crippen MR) is 167 cm³/mol. The highest BCUT2D eigenvalue weighted by atomic mass is 32.1. The van der Waals surface area contributed by atoms with Crippen molar-refractivity contribution in [2.45, 2.75) is 38.8 Å². The van der Waals surface area contributed by atoms with Crippen LogP contribution in [0, 0.1) is 0 Å². The summed E-state index contributed by atoms with van der Waals surface area (Å²) in [6.07, 6.45) is 5.99. The smallest absolute Gasteiger partial charge is 0.254 e. The van der Waals surface area contributed by atoms with E-state index < -0.39 is 0 Å². The number of thiophene rings is 1. The van der Waals surface area contributed by atoms with Gasteiger partial charge in [-0.1, -0.05) is 72.8 Å². The second-order valence-corrected chi connectivity index (χ2v) is 11.2. The number of benzene rings is 4. The van der Waals surface area contributed by atoms with Gasteiger partial charge in [-0.25, -0.2) is 4.99 Å². The van der Waals surface area contributed by atoms with E-state index in [0.29, 0.717) is 24.7 Å². The molecule has 0 bridgehead atoms. The summed E-state index contributed by atoms with van der Waals surface area (Å²) in [6.45, 7) is 0.929. The van der Waals surface area contributed by atoms with Gasteiger partial charge in [-0.05, 0) is 76.9 Å². The standard InChI is InChI=1S/C35H32N2O3S/c1-39-31-20-25(18-19-30(31)40-23-27-14-9-13-26-12-5-6-15-28(26)27)22-37-35-33(29-16-7-8-17-32(29)41-35)34(38)36-21-24-10-3-2-4-11-24/h2-6,9-15,18-20,22H,7-8,16-17,21,23H2,1H3,(H,36,38)/b37-22-. The van der Waals surface area contributed by atoms with Gasteiger partial charge >= 0.3 is 0 Å². The van der Waals surface area contributed by atoms with Crippen LogP contribution in [0.2, 0.25) is 0 Å². The molecule has 0 atom stereocenters. The molecular weight excluding hydrogens is 528 g/mol. The molecule has 0 aliphatic heterocycles. The number of amides is 1. The first-order valence-corrected chi connectivity index (χ1v) is 14.8. The van der Waals surface area contributed by atoms with Gasteiger partial charge in [0, 0.05) is 17.6 Å². The molecule has 0 fully saturated rings. The maximum absolute atomic E-state index is 13.4. The third kappa shape index (κ3) is 6.03. The average molecular weight is 561 g/mol. The molecule has 0 saturated carbocycles. The number of carbonyl (C=O) groups is 1. The van der Waals surface area contributed by atoms with Crippen LogP contribution in [-0.4, -0.2) is 19.2 Å². The van der Waals surface area contributed by atoms with Gasteiger partial charge in [0.05, 0.1) is 12.7 Å². The van der Waals surface area contributed by atoms with Crippen LogP contribution in [-0.2, 0) is 26.0 Å². The Balaban J connectivity index is 1.21. The van der Waals surface area contributed by atoms with E-state index >= 15 is 0 Å². The van der Waals surface area contributed by atoms with Gasteiger partial charge in [0.2, 0.25) is 0 Å². The van der Waals surface area contributed by atoms with Crippen LogP contribution in [0.5, 0.6) is 11.5 Å². The van der Waals surface area contributed by atoms with Crippen LogP contribution in [0.25, 0.3) is 10.8 Å². The average Bonchev–Trinajstić information content (AvgIpc) is 3.41. The lowest BCUT2D eigenvalue weighted by molar-refractivity contribution is 0.0951. The summed E-state index contributed by atoms with van der Waals surface area (Å²) < 4.78 is 11.9. The monoisotopic (exact) mass is 560 g/mol. The number of methoxy groups -OCH3 is 1. The van der Waals surface area contributed by atoms with E-state index in [2.05, 4.69) is 35.6 Å². The number of aryl methyl sites for hydroxylation is 1. The third-order valence-electron chi connectivity index (χ3n) is 7.46. The topological polar surface area (TPSA) is 59.9 Å². The summed E-state index contributed by atoms with van der Waals surface area (Å²) in [7, 11) is 1.64. The van der Waals surface area contributed by atoms with Crippen LogP contribution < -0.4 is 14.8 Å². The van der Waals surface area contributed by atoms with Crippen molar-refractivity contribution in [2.24, 2.45) is 4.99 Å². The van der Waals surface area contributed by atoms with Crippen molar-refractivity contribution in [1.82, 2.24) is 5.32 Å². The number of ether oxygens (including phenoxy) is 2. The van der Waals surface area contributed by atoms with Crippen molar-refractivity contribution >= 4 is 39.2 Å². The molecule has 5 nitrogen and oxygen atoms in total. The quantitative estimate of drug-likeness (QED) is 0.186. The molecule has 0 spiro atoms. The molecule has 1 aliphatic rings. The fraction of sp³-hybridized carbons (Fsp3) is 0.200. The number of carbonyl (C=O) groups excluding carboxylic acids is 1. The molecule has 4 aromatic carbocycles. The molecule has 1 N–H and O–H groups in total. The molecule has 0 radical (unpaired) electrons. The Bertz CT molecular complexity index is 1700. The Morgan fingerprint density at radius 2 is 1.73 bits per heavy atom. The number of hydrogen-bond donors (Lipinski definition) is 1. The number of fused-ring (bicyclic) bond motifs is 2. The molecule has 5 aromatic rings. The normalized spacial score (nSPS) is 12.8. The van der Waals surface area contributed by atoms with Crippen LogP contribution in [0.15, 0.2) is 96.0 Å². The largest absolute Gasteiger partial charge is 0.493 e. The highest BCUT2D eigenvalue weighted by Crippen LogP contribution is 2.40. The second-order valence-electron chi connectivity index (χ2n) is 10.2. The molecule has 1 aliphatic carbocycles. The summed E-state index contributed by atoms with van der Waals surface area (Å²) in [4.78, 5) is 19.5. The zero-order valence-corrected chi connectivity index (χ0v) is 23.9. The first-order chi connectivity index (χ1) is 20.2. The molecule has 0 unspecified atom stereocenters. The minimum Gasteiger partial charge on any atom is -0.493 e. The van der Waals surface area contributed by atoms with E-state index in [1.54, 1.807) is 18.4 Å². The van der Waals surface area contributed by atoms with Crippen LogP contribution in [0.1, 0.15) is 50.3 Å². The third-order valence-corrected chi connectivity index (χ3v) is 8.66. The second kappa shape index (κ2) is 12.4. The zero-order chi connectivity index (χ0) is 28.0. The number of nitrogens with one attached hydrogen (secondary N) is 1. The number of aliphatic imine (C=N–C) groups is 1. The fourth-order valence-electron chi connectivity index (χ4n) is 5.33. The van der Waals surface area contributed by atoms with Crippen molar-refractivity contribution in [3.63, 3.8) is 0 Å². The summed E-state index contributed by atoms with van der Waals surface area (Å²) >= 11 is 1.64. The first kappa shape index (κ1) is 26.8. The Hall–Kier alpha value is -4.42. The van der Waals surface area contributed by atoms with E-state index in [4.69, 9.17) is 14.5 Å². The maximum atomic E-state index is 13.4. The summed E-state index contributed by atoms with van der Waals surface area (Å²) in [5.74, 6) is 1.25. The zero-order valence-electron chi connectivity index (χ0n) is 23.1. The van der Waals surface area contributed by atoms with Gasteiger partial charge in [-0.3, -0.25) is 4.79 Å². The van der Waals surface area contributed by atoms with Gasteiger partial charge < -0.3 is 14.8 Å². The molecule has 6 rings (SSSR count). The minimum atomic E-state index is -0.0600. The van der Waals surface area contributed by atoms with Gasteiger partial charge in [0.1, 0.15) is 11.6 Å². The van der Waals surface area contributed by atoms with Gasteiger partial charge in [-0.15, -0.1) is 11.3 Å². The first-order valence-electron chi connectivity index (χ1n) is 14.0. The fourth-order valence-corrected chi connectivity index (χ4v) is 6.56. The van der Waals surface area contributed by atoms with E-state index in [-0.39, 0.29) is 5.91 Å². The summed E-state index contributed by atoms with van der Waals surface area (Å²) in [6, 6.07) is 30.3. The molecule has 41 heavy (non-hydrogen) atoms. The van der Waals surface area contributed by atoms with Crippen LogP contribution in [0.3, 0.4) is 0 Å². The van der Waals surface area contributed by atoms with Crippen molar-refractivity contribution < 1.29 is 14.3 Å². The van der Waals surface area contributed by atoms with Gasteiger partial charge in [-0.2, -0.15) is 0 Å². The van der Waals surface area contributed by atoms with Crippen molar-refractivity contribution in [3.05, 3.63) is 124 Å². The molecule has 206 valence electrons.